The van der Waals surface area contributed by atoms with Gasteiger partial charge in [-0.25, -0.2) is 0 Å². The maximum atomic E-state index is 12.7. The topological polar surface area (TPSA) is 128 Å². The summed E-state index contributed by atoms with van der Waals surface area (Å²) in [6, 6.07) is 2.86. The lowest BCUT2D eigenvalue weighted by atomic mass is 9.97. The molecule has 4 N–H and O–H groups in total. The number of carbonyl (C=O) groups is 1. The van der Waals surface area contributed by atoms with E-state index in [4.69, 9.17) is 9.26 Å². The molecule has 9 heteroatoms. The van der Waals surface area contributed by atoms with Crippen LogP contribution >= 0.6 is 0 Å². The lowest BCUT2D eigenvalue weighted by Gasteiger charge is -2.26. The van der Waals surface area contributed by atoms with E-state index in [0.717, 1.165) is 13.1 Å². The number of nitrogens with one attached hydrogen (secondary N) is 1. The molecule has 0 aliphatic carbocycles. The Bertz CT molecular complexity index is 905. The maximum absolute atomic E-state index is 12.7. The molecule has 2 aromatic rings. The quantitative estimate of drug-likeness (QED) is 0.500. The SMILES string of the molecule is CCC(O)c1noc(-c2cc(C(C)C)c(O)cc2O)c1NC(=O)CCN1CCOCC1. The van der Waals surface area contributed by atoms with Gasteiger partial charge in [0.05, 0.1) is 18.8 Å². The number of aliphatic hydroxyl groups excluding tert-OH is 1. The minimum Gasteiger partial charge on any atom is -0.508 e. The molecule has 0 spiro atoms. The number of phenols is 2. The highest BCUT2D eigenvalue weighted by Gasteiger charge is 2.27. The molecule has 1 unspecified atom stereocenters. The van der Waals surface area contributed by atoms with Gasteiger partial charge in [-0.3, -0.25) is 9.69 Å². The zero-order valence-electron chi connectivity index (χ0n) is 18.2. The fourth-order valence-electron chi connectivity index (χ4n) is 3.55. The molecule has 0 bridgehead atoms. The molecule has 0 saturated carbocycles. The third-order valence-corrected chi connectivity index (χ3v) is 5.46. The number of rotatable bonds is 8. The van der Waals surface area contributed by atoms with E-state index < -0.39 is 6.10 Å². The first-order chi connectivity index (χ1) is 14.8. The zero-order chi connectivity index (χ0) is 22.5. The normalized spacial score (nSPS) is 15.9. The average Bonchev–Trinajstić information content (AvgIpc) is 3.15. The predicted octanol–water partition coefficient (Wildman–Crippen LogP) is 2.98. The Labute approximate surface area is 181 Å². The van der Waals surface area contributed by atoms with Crippen molar-refractivity contribution in [3.63, 3.8) is 0 Å². The summed E-state index contributed by atoms with van der Waals surface area (Å²) in [5, 5.41) is 37.7. The van der Waals surface area contributed by atoms with Crippen molar-refractivity contribution in [3.8, 4) is 22.8 Å². The molecule has 1 aromatic heterocycles. The Morgan fingerprint density at radius 1 is 1.23 bits per heavy atom. The van der Waals surface area contributed by atoms with Crippen LogP contribution in [0.5, 0.6) is 11.5 Å². The van der Waals surface area contributed by atoms with Crippen molar-refractivity contribution in [1.82, 2.24) is 10.1 Å². The van der Waals surface area contributed by atoms with Gasteiger partial charge in [-0.1, -0.05) is 25.9 Å². The number of morpholine rings is 1. The Morgan fingerprint density at radius 3 is 2.58 bits per heavy atom. The van der Waals surface area contributed by atoms with E-state index in [1.54, 1.807) is 13.0 Å². The summed E-state index contributed by atoms with van der Waals surface area (Å²) in [4.78, 5) is 14.8. The summed E-state index contributed by atoms with van der Waals surface area (Å²) in [7, 11) is 0. The Balaban J connectivity index is 1.89. The summed E-state index contributed by atoms with van der Waals surface area (Å²) in [6.45, 7) is 9.08. The standard InChI is InChI=1S/C22H31N3O6/c1-4-16(26)20-21(23-19(29)5-6-25-7-9-30-10-8-25)22(31-24-20)15-11-14(13(2)3)17(27)12-18(15)28/h11-13,16,26-28H,4-10H2,1-3H3,(H,23,29). The molecule has 2 heterocycles. The van der Waals surface area contributed by atoms with Gasteiger partial charge in [-0.05, 0) is 24.0 Å². The second kappa shape index (κ2) is 10.1. The molecule has 31 heavy (non-hydrogen) atoms. The average molecular weight is 434 g/mol. The van der Waals surface area contributed by atoms with Crippen molar-refractivity contribution in [2.45, 2.75) is 45.6 Å². The molecule has 9 nitrogen and oxygen atoms in total. The highest BCUT2D eigenvalue weighted by molar-refractivity contribution is 5.96. The van der Waals surface area contributed by atoms with Crippen LogP contribution in [0.1, 0.15) is 56.9 Å². The fraction of sp³-hybridized carbons (Fsp3) is 0.545. The Hall–Kier alpha value is -2.62. The van der Waals surface area contributed by atoms with Crippen molar-refractivity contribution in [3.05, 3.63) is 23.4 Å². The maximum Gasteiger partial charge on any atom is 0.225 e. The van der Waals surface area contributed by atoms with Crippen molar-refractivity contribution in [2.24, 2.45) is 0 Å². The molecule has 3 rings (SSSR count). The van der Waals surface area contributed by atoms with Crippen LogP contribution in [0.2, 0.25) is 0 Å². The van der Waals surface area contributed by atoms with E-state index in [1.807, 2.05) is 13.8 Å². The molecular formula is C22H31N3O6. The predicted molar refractivity (Wildman–Crippen MR) is 115 cm³/mol. The summed E-state index contributed by atoms with van der Waals surface area (Å²) < 4.78 is 10.8. The summed E-state index contributed by atoms with van der Waals surface area (Å²) >= 11 is 0. The van der Waals surface area contributed by atoms with Gasteiger partial charge in [0.25, 0.3) is 0 Å². The lowest BCUT2D eigenvalue weighted by Crippen LogP contribution is -2.38. The molecule has 0 radical (unpaired) electrons. The number of aromatic nitrogens is 1. The lowest BCUT2D eigenvalue weighted by molar-refractivity contribution is -0.116. The van der Waals surface area contributed by atoms with Gasteiger partial charge in [-0.15, -0.1) is 0 Å². The van der Waals surface area contributed by atoms with E-state index in [2.05, 4.69) is 15.4 Å². The van der Waals surface area contributed by atoms with Gasteiger partial charge < -0.3 is 29.9 Å². The first-order valence-electron chi connectivity index (χ1n) is 10.7. The largest absolute Gasteiger partial charge is 0.508 e. The third-order valence-electron chi connectivity index (χ3n) is 5.46. The Kier molecular flexibility index (Phi) is 7.53. The second-order valence-electron chi connectivity index (χ2n) is 8.03. The molecule has 1 atom stereocenters. The van der Waals surface area contributed by atoms with Crippen LogP contribution in [0.15, 0.2) is 16.7 Å². The number of aliphatic hydroxyl groups is 1. The van der Waals surface area contributed by atoms with Crippen molar-refractivity contribution >= 4 is 11.6 Å². The highest BCUT2D eigenvalue weighted by Crippen LogP contribution is 2.43. The van der Waals surface area contributed by atoms with Crippen LogP contribution in [0.4, 0.5) is 5.69 Å². The summed E-state index contributed by atoms with van der Waals surface area (Å²) in [5.41, 5.74) is 1.34. The minimum absolute atomic E-state index is 0.00506. The molecule has 1 amide bonds. The number of benzene rings is 1. The first kappa shape index (κ1) is 23.1. The Morgan fingerprint density at radius 2 is 1.94 bits per heavy atom. The van der Waals surface area contributed by atoms with Gasteiger partial charge in [0, 0.05) is 32.1 Å². The monoisotopic (exact) mass is 433 g/mol. The number of hydrogen-bond acceptors (Lipinski definition) is 8. The number of aromatic hydroxyl groups is 2. The van der Waals surface area contributed by atoms with E-state index in [9.17, 15) is 20.1 Å². The van der Waals surface area contributed by atoms with Gasteiger partial charge in [0.1, 0.15) is 29.0 Å². The van der Waals surface area contributed by atoms with Crippen LogP contribution in [-0.2, 0) is 9.53 Å². The van der Waals surface area contributed by atoms with Crippen LogP contribution in [0, 0.1) is 0 Å². The van der Waals surface area contributed by atoms with Gasteiger partial charge in [-0.2, -0.15) is 0 Å². The highest BCUT2D eigenvalue weighted by atomic mass is 16.5. The third kappa shape index (κ3) is 5.36. The molecule has 170 valence electrons. The number of amides is 1. The minimum atomic E-state index is -0.934. The number of carbonyl (C=O) groups excluding carboxylic acids is 1. The van der Waals surface area contributed by atoms with E-state index in [0.29, 0.717) is 31.7 Å². The van der Waals surface area contributed by atoms with Crippen molar-refractivity contribution in [1.29, 1.82) is 0 Å². The second-order valence-corrected chi connectivity index (χ2v) is 8.03. The molecule has 1 aromatic carbocycles. The van der Waals surface area contributed by atoms with Crippen LogP contribution in [0.25, 0.3) is 11.3 Å². The number of hydrogen-bond donors (Lipinski definition) is 4. The smallest absolute Gasteiger partial charge is 0.225 e. The molecule has 1 aliphatic heterocycles. The summed E-state index contributed by atoms with van der Waals surface area (Å²) in [6.07, 6.45) is -0.303. The number of ether oxygens (including phenoxy) is 1. The number of phenolic OH excluding ortho intramolecular Hbond substituents is 2. The molecular weight excluding hydrogens is 402 g/mol. The molecule has 1 saturated heterocycles. The van der Waals surface area contributed by atoms with E-state index in [1.165, 1.54) is 6.07 Å². The molecule has 1 fully saturated rings. The van der Waals surface area contributed by atoms with Crippen LogP contribution < -0.4 is 5.32 Å². The van der Waals surface area contributed by atoms with E-state index >= 15 is 0 Å². The number of anilines is 1. The van der Waals surface area contributed by atoms with Crippen molar-refractivity contribution < 1.29 is 29.4 Å². The molecule has 1 aliphatic rings. The van der Waals surface area contributed by atoms with Gasteiger partial charge in [0.15, 0.2) is 5.76 Å². The fourth-order valence-corrected chi connectivity index (χ4v) is 3.55. The van der Waals surface area contributed by atoms with Gasteiger partial charge >= 0.3 is 0 Å². The summed E-state index contributed by atoms with van der Waals surface area (Å²) in [5.74, 6) is -0.348. The van der Waals surface area contributed by atoms with Crippen LogP contribution in [-0.4, -0.2) is 64.1 Å². The van der Waals surface area contributed by atoms with Crippen molar-refractivity contribution in [2.75, 3.05) is 38.2 Å². The zero-order valence-corrected chi connectivity index (χ0v) is 18.2. The van der Waals surface area contributed by atoms with Gasteiger partial charge in [0.2, 0.25) is 5.91 Å². The van der Waals surface area contributed by atoms with Crippen LogP contribution in [0.3, 0.4) is 0 Å². The number of nitrogens with zero attached hydrogens (tertiary/aromatic N) is 2. The first-order valence-corrected chi connectivity index (χ1v) is 10.7. The van der Waals surface area contributed by atoms with E-state index in [-0.39, 0.29) is 52.4 Å².